The molecule has 0 aliphatic rings. The number of hydrogen-bond donors (Lipinski definition) is 1. The molecule has 0 radical (unpaired) electrons. The molecular weight excluding hydrogens is 373 g/mol. The normalized spacial score (nSPS) is 14.1. The first kappa shape index (κ1) is 22.0. The quantitative estimate of drug-likeness (QED) is 0.490. The maximum Gasteiger partial charge on any atom is 0.408 e. The molecular formula is C22H30NO4P. The molecule has 0 saturated heterocycles. The first-order chi connectivity index (χ1) is 13.4. The predicted molar refractivity (Wildman–Crippen MR) is 113 cm³/mol. The van der Waals surface area contributed by atoms with Crippen molar-refractivity contribution in [3.05, 3.63) is 66.2 Å². The maximum atomic E-state index is 13.7. The molecule has 0 aromatic heterocycles. The highest BCUT2D eigenvalue weighted by atomic mass is 31.2. The fraction of sp³-hybridized carbons (Fsp3) is 0.409. The third kappa shape index (κ3) is 7.05. The molecule has 2 unspecified atom stereocenters. The molecule has 2 aromatic carbocycles. The van der Waals surface area contributed by atoms with Crippen LogP contribution < -0.4 is 9.84 Å². The number of carbonyl (C=O) groups excluding carboxylic acids is 1. The Morgan fingerprint density at radius 2 is 1.64 bits per heavy atom. The van der Waals surface area contributed by atoms with E-state index >= 15 is 0 Å². The van der Waals surface area contributed by atoms with Gasteiger partial charge in [-0.15, -0.1) is 0 Å². The molecule has 0 heterocycles. The second-order valence-corrected chi connectivity index (χ2v) is 9.91. The molecule has 2 atom stereocenters. The summed E-state index contributed by atoms with van der Waals surface area (Å²) in [5.74, 6) is 0.187. The number of carbonyl (C=O) groups is 1. The molecule has 1 amide bonds. The van der Waals surface area contributed by atoms with Gasteiger partial charge in [-0.1, -0.05) is 69.3 Å². The lowest BCUT2D eigenvalue weighted by Gasteiger charge is -2.29. The van der Waals surface area contributed by atoms with Gasteiger partial charge in [0.25, 0.3) is 7.37 Å². The van der Waals surface area contributed by atoms with E-state index in [2.05, 4.69) is 5.32 Å². The van der Waals surface area contributed by atoms with Crippen molar-refractivity contribution in [1.29, 1.82) is 0 Å². The zero-order valence-electron chi connectivity index (χ0n) is 16.8. The number of benzene rings is 2. The summed E-state index contributed by atoms with van der Waals surface area (Å²) >= 11 is 0. The first-order valence-corrected chi connectivity index (χ1v) is 11.6. The van der Waals surface area contributed by atoms with Gasteiger partial charge in [-0.2, -0.15) is 0 Å². The van der Waals surface area contributed by atoms with E-state index in [0.717, 1.165) is 5.56 Å². The number of nitrogens with one attached hydrogen (secondary N) is 1. The van der Waals surface area contributed by atoms with Crippen molar-refractivity contribution >= 4 is 13.5 Å². The molecule has 28 heavy (non-hydrogen) atoms. The lowest BCUT2D eigenvalue weighted by molar-refractivity contribution is 0.137. The minimum atomic E-state index is -3.17. The van der Waals surface area contributed by atoms with Gasteiger partial charge >= 0.3 is 6.09 Å². The van der Waals surface area contributed by atoms with Crippen molar-refractivity contribution in [3.8, 4) is 5.75 Å². The Kier molecular flexibility index (Phi) is 8.59. The van der Waals surface area contributed by atoms with Crippen LogP contribution in [0, 0.1) is 5.92 Å². The van der Waals surface area contributed by atoms with Gasteiger partial charge in [-0.25, -0.2) is 4.79 Å². The topological polar surface area (TPSA) is 64.6 Å². The van der Waals surface area contributed by atoms with Crippen LogP contribution in [0.2, 0.25) is 0 Å². The van der Waals surface area contributed by atoms with Crippen LogP contribution in [0.3, 0.4) is 0 Å². The molecule has 0 bridgehead atoms. The summed E-state index contributed by atoms with van der Waals surface area (Å²) in [4.78, 5) is 12.4. The molecule has 0 aliphatic carbocycles. The van der Waals surface area contributed by atoms with Gasteiger partial charge in [0.1, 0.15) is 18.1 Å². The Morgan fingerprint density at radius 1 is 1.04 bits per heavy atom. The average Bonchev–Trinajstić information content (AvgIpc) is 2.67. The van der Waals surface area contributed by atoms with Crippen LogP contribution in [-0.4, -0.2) is 18.0 Å². The summed E-state index contributed by atoms with van der Waals surface area (Å²) < 4.78 is 25.0. The predicted octanol–water partition coefficient (Wildman–Crippen LogP) is 6.05. The number of hydrogen-bond acceptors (Lipinski definition) is 4. The van der Waals surface area contributed by atoms with E-state index in [-0.39, 0.29) is 12.5 Å². The largest absolute Gasteiger partial charge is 0.445 e. The zero-order chi connectivity index (χ0) is 20.4. The molecule has 2 rings (SSSR count). The van der Waals surface area contributed by atoms with E-state index in [1.54, 1.807) is 12.1 Å². The van der Waals surface area contributed by atoms with E-state index in [1.165, 1.54) is 0 Å². The van der Waals surface area contributed by atoms with Crippen molar-refractivity contribution < 1.29 is 18.6 Å². The van der Waals surface area contributed by atoms with Gasteiger partial charge in [0.15, 0.2) is 0 Å². The lowest BCUT2D eigenvalue weighted by atomic mass is 10.1. The monoisotopic (exact) mass is 403 g/mol. The summed E-state index contributed by atoms with van der Waals surface area (Å²) in [5.41, 5.74) is 0.898. The van der Waals surface area contributed by atoms with Gasteiger partial charge in [-0.05, 0) is 36.5 Å². The van der Waals surface area contributed by atoms with Crippen molar-refractivity contribution in [3.63, 3.8) is 0 Å². The Balaban J connectivity index is 2.11. The Bertz CT molecular complexity index is 765. The molecule has 152 valence electrons. The molecule has 0 saturated carbocycles. The van der Waals surface area contributed by atoms with Crippen LogP contribution in [-0.2, 0) is 15.9 Å². The van der Waals surface area contributed by atoms with Crippen LogP contribution >= 0.6 is 7.37 Å². The Labute approximate surface area is 167 Å². The molecule has 2 aromatic rings. The van der Waals surface area contributed by atoms with Crippen LogP contribution in [0.5, 0.6) is 5.75 Å². The molecule has 0 aliphatic heterocycles. The highest BCUT2D eigenvalue weighted by Gasteiger charge is 2.37. The van der Waals surface area contributed by atoms with Gasteiger partial charge in [0.2, 0.25) is 0 Å². The van der Waals surface area contributed by atoms with E-state index < -0.39 is 19.2 Å². The van der Waals surface area contributed by atoms with E-state index in [4.69, 9.17) is 9.26 Å². The number of para-hydroxylation sites is 1. The molecule has 6 heteroatoms. The van der Waals surface area contributed by atoms with Crippen LogP contribution in [0.4, 0.5) is 4.79 Å². The van der Waals surface area contributed by atoms with Crippen LogP contribution in [0.25, 0.3) is 0 Å². The Morgan fingerprint density at radius 3 is 2.21 bits per heavy atom. The smallest absolute Gasteiger partial charge is 0.408 e. The number of alkyl carbamates (subject to hydrolysis) is 1. The third-order valence-corrected chi connectivity index (χ3v) is 7.09. The average molecular weight is 403 g/mol. The summed E-state index contributed by atoms with van der Waals surface area (Å²) in [5, 5.41) is 2.81. The number of rotatable bonds is 10. The second-order valence-electron chi connectivity index (χ2n) is 7.21. The van der Waals surface area contributed by atoms with Crippen molar-refractivity contribution in [1.82, 2.24) is 5.32 Å². The standard InChI is InChI=1S/C22H30NO4P/c1-4-15-28(25,27-20-13-9-6-10-14-20)21(16-18(2)3)23-22(24)26-17-19-11-7-5-8-12-19/h5-14,18,21H,4,15-17H2,1-3H3,(H,23,24). The van der Waals surface area contributed by atoms with Crippen molar-refractivity contribution in [2.24, 2.45) is 5.92 Å². The van der Waals surface area contributed by atoms with Gasteiger partial charge in [0.05, 0.1) is 0 Å². The van der Waals surface area contributed by atoms with Crippen LogP contribution in [0.1, 0.15) is 39.2 Å². The number of ether oxygens (including phenoxy) is 1. The number of amides is 1. The van der Waals surface area contributed by atoms with Gasteiger partial charge < -0.3 is 14.6 Å². The zero-order valence-corrected chi connectivity index (χ0v) is 17.7. The SMILES string of the molecule is CCCP(=O)(Oc1ccccc1)C(CC(C)C)NC(=O)OCc1ccccc1. The van der Waals surface area contributed by atoms with E-state index in [0.29, 0.717) is 24.8 Å². The minimum Gasteiger partial charge on any atom is -0.445 e. The summed E-state index contributed by atoms with van der Waals surface area (Å²) in [6.07, 6.45) is 1.05. The lowest BCUT2D eigenvalue weighted by Crippen LogP contribution is -2.38. The molecule has 0 spiro atoms. The summed E-state index contributed by atoms with van der Waals surface area (Å²) in [6, 6.07) is 18.6. The summed E-state index contributed by atoms with van der Waals surface area (Å²) in [6.45, 7) is 6.19. The highest BCUT2D eigenvalue weighted by molar-refractivity contribution is 7.60. The van der Waals surface area contributed by atoms with Crippen LogP contribution in [0.15, 0.2) is 60.7 Å². The van der Waals surface area contributed by atoms with Crippen molar-refractivity contribution in [2.45, 2.75) is 46.0 Å². The van der Waals surface area contributed by atoms with Crippen molar-refractivity contribution in [2.75, 3.05) is 6.16 Å². The Hall–Kier alpha value is -2.26. The summed E-state index contributed by atoms with van der Waals surface area (Å²) in [7, 11) is -3.17. The molecule has 0 fully saturated rings. The van der Waals surface area contributed by atoms with E-state index in [1.807, 2.05) is 69.3 Å². The first-order valence-electron chi connectivity index (χ1n) is 9.73. The second kappa shape index (κ2) is 10.9. The minimum absolute atomic E-state index is 0.165. The molecule has 1 N–H and O–H groups in total. The van der Waals surface area contributed by atoms with Gasteiger partial charge in [0, 0.05) is 6.16 Å². The molecule has 5 nitrogen and oxygen atoms in total. The van der Waals surface area contributed by atoms with Gasteiger partial charge in [-0.3, -0.25) is 4.57 Å². The fourth-order valence-electron chi connectivity index (χ4n) is 2.90. The van der Waals surface area contributed by atoms with E-state index in [9.17, 15) is 9.36 Å². The third-order valence-electron chi connectivity index (χ3n) is 4.21. The highest BCUT2D eigenvalue weighted by Crippen LogP contribution is 2.53. The fourth-order valence-corrected chi connectivity index (χ4v) is 5.58. The maximum absolute atomic E-state index is 13.7.